The van der Waals surface area contributed by atoms with Gasteiger partial charge >= 0.3 is 0 Å². The summed E-state index contributed by atoms with van der Waals surface area (Å²) in [4.78, 5) is 8.38. The standard InChI is InChI=1S/C21H17N5O4S/c22-20(25-27)15-8-10-16(11-9-15)30-21-17(6-3-13-24-21)26-31(28,29)18-7-1-4-14-5-2-12-23-19(14)18/h1-13,26-27H,(H2,22,25). The van der Waals surface area contributed by atoms with E-state index in [1.807, 2.05) is 0 Å². The molecule has 0 atom stereocenters. The van der Waals surface area contributed by atoms with Crippen molar-refractivity contribution in [3.05, 3.63) is 84.7 Å². The normalized spacial score (nSPS) is 11.9. The molecule has 0 bridgehead atoms. The zero-order valence-electron chi connectivity index (χ0n) is 16.0. The van der Waals surface area contributed by atoms with Crippen molar-refractivity contribution in [1.82, 2.24) is 9.97 Å². The first kappa shape index (κ1) is 20.1. The lowest BCUT2D eigenvalue weighted by Gasteiger charge is -2.13. The Bertz CT molecular complexity index is 1370. The van der Waals surface area contributed by atoms with Crippen molar-refractivity contribution in [3.63, 3.8) is 0 Å². The monoisotopic (exact) mass is 435 g/mol. The summed E-state index contributed by atoms with van der Waals surface area (Å²) < 4.78 is 34.5. The summed E-state index contributed by atoms with van der Waals surface area (Å²) in [5.41, 5.74) is 6.58. The summed E-state index contributed by atoms with van der Waals surface area (Å²) in [7, 11) is -3.97. The molecule has 0 aliphatic rings. The third-order valence-electron chi connectivity index (χ3n) is 4.37. The van der Waals surface area contributed by atoms with Crippen LogP contribution in [0.3, 0.4) is 0 Å². The number of nitrogens with two attached hydrogens (primary N) is 1. The summed E-state index contributed by atoms with van der Waals surface area (Å²) in [6.45, 7) is 0. The average molecular weight is 435 g/mol. The molecule has 0 aliphatic heterocycles. The molecule has 0 aliphatic carbocycles. The molecule has 31 heavy (non-hydrogen) atoms. The van der Waals surface area contributed by atoms with Gasteiger partial charge in [0.1, 0.15) is 16.3 Å². The number of sulfonamides is 1. The topological polar surface area (TPSA) is 140 Å². The molecule has 0 spiro atoms. The van der Waals surface area contributed by atoms with Crippen molar-refractivity contribution in [3.8, 4) is 11.6 Å². The minimum absolute atomic E-state index is 0.0402. The van der Waals surface area contributed by atoms with Gasteiger partial charge in [0.15, 0.2) is 5.84 Å². The number of pyridine rings is 2. The van der Waals surface area contributed by atoms with Crippen LogP contribution in [0.2, 0.25) is 0 Å². The Kier molecular flexibility index (Phi) is 5.37. The van der Waals surface area contributed by atoms with Crippen LogP contribution in [-0.4, -0.2) is 29.4 Å². The number of fused-ring (bicyclic) bond motifs is 1. The number of para-hydroxylation sites is 1. The Morgan fingerprint density at radius 1 is 0.968 bits per heavy atom. The lowest BCUT2D eigenvalue weighted by atomic mass is 10.2. The van der Waals surface area contributed by atoms with E-state index in [4.69, 9.17) is 15.7 Å². The van der Waals surface area contributed by atoms with Gasteiger partial charge in [0.05, 0.1) is 5.52 Å². The molecule has 4 rings (SSSR count). The van der Waals surface area contributed by atoms with E-state index in [1.54, 1.807) is 60.7 Å². The number of hydrogen-bond acceptors (Lipinski definition) is 7. The predicted molar refractivity (Wildman–Crippen MR) is 116 cm³/mol. The molecule has 9 nitrogen and oxygen atoms in total. The van der Waals surface area contributed by atoms with Gasteiger partial charge in [0.25, 0.3) is 10.0 Å². The number of nitrogens with one attached hydrogen (secondary N) is 1. The fraction of sp³-hybridized carbons (Fsp3) is 0. The van der Waals surface area contributed by atoms with E-state index in [2.05, 4.69) is 19.8 Å². The van der Waals surface area contributed by atoms with E-state index in [-0.39, 0.29) is 22.3 Å². The van der Waals surface area contributed by atoms with Gasteiger partial charge < -0.3 is 15.7 Å². The van der Waals surface area contributed by atoms with Crippen molar-refractivity contribution in [2.75, 3.05) is 4.72 Å². The zero-order chi connectivity index (χ0) is 21.8. The van der Waals surface area contributed by atoms with E-state index in [0.29, 0.717) is 22.2 Å². The second kappa shape index (κ2) is 8.28. The SMILES string of the molecule is N/C(=N\O)c1ccc(Oc2ncccc2NS(=O)(=O)c2cccc3cccnc23)cc1. The summed E-state index contributed by atoms with van der Waals surface area (Å²) in [6.07, 6.45) is 3.02. The summed E-state index contributed by atoms with van der Waals surface area (Å²) in [5.74, 6) is 0.415. The number of ether oxygens (including phenoxy) is 1. The molecule has 4 aromatic rings. The number of rotatable bonds is 6. The number of amidine groups is 1. The van der Waals surface area contributed by atoms with Gasteiger partial charge in [0, 0.05) is 23.3 Å². The molecule has 4 N–H and O–H groups in total. The Hall–Kier alpha value is -4.18. The third-order valence-corrected chi connectivity index (χ3v) is 5.77. The average Bonchev–Trinajstić information content (AvgIpc) is 2.80. The van der Waals surface area contributed by atoms with Crippen molar-refractivity contribution >= 4 is 32.4 Å². The first-order valence-electron chi connectivity index (χ1n) is 9.05. The van der Waals surface area contributed by atoms with Gasteiger partial charge in [-0.15, -0.1) is 0 Å². The van der Waals surface area contributed by atoms with Crippen molar-refractivity contribution in [2.45, 2.75) is 4.90 Å². The van der Waals surface area contributed by atoms with Crippen LogP contribution >= 0.6 is 0 Å². The van der Waals surface area contributed by atoms with Crippen LogP contribution in [0.5, 0.6) is 11.6 Å². The maximum absolute atomic E-state index is 13.1. The molecule has 0 unspecified atom stereocenters. The van der Waals surface area contributed by atoms with Crippen LogP contribution in [0.25, 0.3) is 10.9 Å². The van der Waals surface area contributed by atoms with E-state index >= 15 is 0 Å². The fourth-order valence-electron chi connectivity index (χ4n) is 2.91. The lowest BCUT2D eigenvalue weighted by molar-refractivity contribution is 0.318. The minimum atomic E-state index is -3.97. The third kappa shape index (κ3) is 4.23. The quantitative estimate of drug-likeness (QED) is 0.183. The molecular formula is C21H17N5O4S. The van der Waals surface area contributed by atoms with Crippen LogP contribution in [0.15, 0.2) is 89.2 Å². The largest absolute Gasteiger partial charge is 0.437 e. The van der Waals surface area contributed by atoms with Gasteiger partial charge in [-0.2, -0.15) is 0 Å². The van der Waals surface area contributed by atoms with Gasteiger partial charge in [-0.05, 0) is 48.5 Å². The fourth-order valence-corrected chi connectivity index (χ4v) is 4.14. The van der Waals surface area contributed by atoms with Gasteiger partial charge in [-0.3, -0.25) is 9.71 Å². The number of hydrogen-bond donors (Lipinski definition) is 3. The Morgan fingerprint density at radius 2 is 1.68 bits per heavy atom. The highest BCUT2D eigenvalue weighted by Gasteiger charge is 2.20. The van der Waals surface area contributed by atoms with Crippen LogP contribution in [-0.2, 0) is 10.0 Å². The van der Waals surface area contributed by atoms with E-state index in [9.17, 15) is 8.42 Å². The first-order valence-corrected chi connectivity index (χ1v) is 10.5. The summed E-state index contributed by atoms with van der Waals surface area (Å²) in [5, 5.41) is 12.4. The van der Waals surface area contributed by atoms with Crippen LogP contribution in [0.4, 0.5) is 5.69 Å². The second-order valence-corrected chi connectivity index (χ2v) is 8.06. The molecule has 0 amide bonds. The molecule has 0 radical (unpaired) electrons. The number of benzene rings is 2. The molecule has 2 aromatic heterocycles. The molecule has 10 heteroatoms. The highest BCUT2D eigenvalue weighted by Crippen LogP contribution is 2.30. The number of anilines is 1. The highest BCUT2D eigenvalue weighted by molar-refractivity contribution is 7.93. The molecule has 156 valence electrons. The zero-order valence-corrected chi connectivity index (χ0v) is 16.8. The molecule has 2 aromatic carbocycles. The van der Waals surface area contributed by atoms with Gasteiger partial charge in [-0.1, -0.05) is 23.4 Å². The van der Waals surface area contributed by atoms with E-state index in [0.717, 1.165) is 0 Å². The predicted octanol–water partition coefficient (Wildman–Crippen LogP) is 3.32. The number of nitrogens with zero attached hydrogens (tertiary/aromatic N) is 3. The second-order valence-electron chi connectivity index (χ2n) is 6.40. The van der Waals surface area contributed by atoms with E-state index < -0.39 is 10.0 Å². The van der Waals surface area contributed by atoms with Crippen LogP contribution < -0.4 is 15.2 Å². The molecule has 2 heterocycles. The van der Waals surface area contributed by atoms with Crippen molar-refractivity contribution < 1.29 is 18.4 Å². The van der Waals surface area contributed by atoms with Crippen molar-refractivity contribution in [1.29, 1.82) is 0 Å². The summed E-state index contributed by atoms with van der Waals surface area (Å²) in [6, 6.07) is 18.0. The molecular weight excluding hydrogens is 418 g/mol. The Morgan fingerprint density at radius 3 is 2.45 bits per heavy atom. The number of aromatic nitrogens is 2. The highest BCUT2D eigenvalue weighted by atomic mass is 32.2. The number of oxime groups is 1. The molecule has 0 fully saturated rings. The molecule has 0 saturated carbocycles. The van der Waals surface area contributed by atoms with E-state index in [1.165, 1.54) is 18.5 Å². The maximum atomic E-state index is 13.1. The van der Waals surface area contributed by atoms with Crippen LogP contribution in [0.1, 0.15) is 5.56 Å². The minimum Gasteiger partial charge on any atom is -0.437 e. The smallest absolute Gasteiger partial charge is 0.264 e. The lowest BCUT2D eigenvalue weighted by Crippen LogP contribution is -2.14. The molecule has 0 saturated heterocycles. The first-order chi connectivity index (χ1) is 15.0. The van der Waals surface area contributed by atoms with Gasteiger partial charge in [-0.25, -0.2) is 13.4 Å². The Labute approximate surface area is 177 Å². The van der Waals surface area contributed by atoms with Crippen LogP contribution in [0, 0.1) is 0 Å². The maximum Gasteiger partial charge on any atom is 0.264 e. The Balaban J connectivity index is 1.64. The van der Waals surface area contributed by atoms with Crippen molar-refractivity contribution in [2.24, 2.45) is 10.9 Å². The summed E-state index contributed by atoms with van der Waals surface area (Å²) >= 11 is 0. The van der Waals surface area contributed by atoms with Gasteiger partial charge in [0.2, 0.25) is 5.88 Å².